The van der Waals surface area contributed by atoms with Crippen molar-refractivity contribution in [2.45, 2.75) is 6.18 Å². The molecule has 1 aliphatic rings. The summed E-state index contributed by atoms with van der Waals surface area (Å²) in [7, 11) is 1.45. The first-order valence-electron chi connectivity index (χ1n) is 8.24. The minimum absolute atomic E-state index is 0.0352. The van der Waals surface area contributed by atoms with Crippen molar-refractivity contribution in [2.75, 3.05) is 13.9 Å². The van der Waals surface area contributed by atoms with Gasteiger partial charge in [0.25, 0.3) is 0 Å². The van der Waals surface area contributed by atoms with Crippen LogP contribution in [0, 0.1) is 11.9 Å². The van der Waals surface area contributed by atoms with Gasteiger partial charge in [0.1, 0.15) is 17.1 Å². The molecule has 0 N–H and O–H groups in total. The molecule has 3 aromatic rings. The van der Waals surface area contributed by atoms with E-state index in [9.17, 15) is 17.6 Å². The molecule has 0 fully saturated rings. The summed E-state index contributed by atoms with van der Waals surface area (Å²) in [5, 5.41) is 0. The average molecular weight is 389 g/mol. The summed E-state index contributed by atoms with van der Waals surface area (Å²) in [5.41, 5.74) is -0.833. The van der Waals surface area contributed by atoms with Gasteiger partial charge in [0.2, 0.25) is 6.79 Å². The number of halogens is 4. The van der Waals surface area contributed by atoms with E-state index in [0.717, 1.165) is 0 Å². The van der Waals surface area contributed by atoms with E-state index in [4.69, 9.17) is 14.2 Å². The van der Waals surface area contributed by atoms with Gasteiger partial charge in [0, 0.05) is 11.6 Å². The first kappa shape index (κ1) is 18.2. The molecule has 7 heteroatoms. The molecule has 0 amide bonds. The van der Waals surface area contributed by atoms with Gasteiger partial charge in [-0.2, -0.15) is 13.2 Å². The van der Waals surface area contributed by atoms with Crippen LogP contribution in [0.4, 0.5) is 17.6 Å². The van der Waals surface area contributed by atoms with Crippen LogP contribution in [-0.2, 0) is 6.18 Å². The molecule has 1 aliphatic heterocycles. The fraction of sp³-hybridized carbons (Fsp3) is 0.143. The Hall–Kier alpha value is -3.22. The van der Waals surface area contributed by atoms with Crippen LogP contribution in [0.5, 0.6) is 17.2 Å². The third-order valence-corrected chi connectivity index (χ3v) is 4.43. The van der Waals surface area contributed by atoms with E-state index in [0.29, 0.717) is 22.8 Å². The van der Waals surface area contributed by atoms with Crippen LogP contribution in [0.1, 0.15) is 5.56 Å². The summed E-state index contributed by atoms with van der Waals surface area (Å²) in [6.45, 7) is 0.0352. The second-order valence-corrected chi connectivity index (χ2v) is 6.06. The Morgan fingerprint density at radius 1 is 0.964 bits per heavy atom. The Morgan fingerprint density at radius 2 is 1.64 bits per heavy atom. The minimum Gasteiger partial charge on any atom is -0.497 e. The highest BCUT2D eigenvalue weighted by molar-refractivity contribution is 5.87. The number of fused-ring (bicyclic) bond motifs is 1. The van der Waals surface area contributed by atoms with E-state index in [1.165, 1.54) is 37.4 Å². The average Bonchev–Trinajstić information content (AvgIpc) is 3.14. The smallest absolute Gasteiger partial charge is 0.419 e. The molecule has 143 valence electrons. The normalized spacial score (nSPS) is 12.9. The summed E-state index contributed by atoms with van der Waals surface area (Å²) in [6.07, 6.45) is -4.90. The van der Waals surface area contributed by atoms with Crippen LogP contribution in [-0.4, -0.2) is 13.9 Å². The predicted molar refractivity (Wildman–Crippen MR) is 93.8 cm³/mol. The van der Waals surface area contributed by atoms with Crippen LogP contribution in [0.25, 0.3) is 22.3 Å². The third kappa shape index (κ3) is 3.13. The van der Waals surface area contributed by atoms with Gasteiger partial charge in [0.05, 0.1) is 7.11 Å². The van der Waals surface area contributed by atoms with Gasteiger partial charge in [-0.1, -0.05) is 18.2 Å². The highest BCUT2D eigenvalue weighted by Gasteiger charge is 2.38. The molecular formula is C21H13F4O3. The van der Waals surface area contributed by atoms with E-state index >= 15 is 0 Å². The lowest BCUT2D eigenvalue weighted by Gasteiger charge is -2.18. The van der Waals surface area contributed by atoms with Gasteiger partial charge in [-0.05, 0) is 47.0 Å². The van der Waals surface area contributed by atoms with E-state index < -0.39 is 17.6 Å². The molecule has 1 heterocycles. The molecule has 0 unspecified atom stereocenters. The quantitative estimate of drug-likeness (QED) is 0.537. The van der Waals surface area contributed by atoms with Crippen molar-refractivity contribution in [3.05, 3.63) is 66.0 Å². The first-order valence-corrected chi connectivity index (χ1v) is 8.24. The van der Waals surface area contributed by atoms with E-state index in [1.807, 2.05) is 0 Å². The molecule has 0 spiro atoms. The summed E-state index contributed by atoms with van der Waals surface area (Å²) in [4.78, 5) is 0. The van der Waals surface area contributed by atoms with Crippen LogP contribution < -0.4 is 14.2 Å². The molecule has 0 saturated heterocycles. The van der Waals surface area contributed by atoms with Gasteiger partial charge in [-0.25, -0.2) is 4.39 Å². The van der Waals surface area contributed by atoms with Crippen molar-refractivity contribution >= 4 is 0 Å². The van der Waals surface area contributed by atoms with Gasteiger partial charge in [-0.15, -0.1) is 0 Å². The maximum absolute atomic E-state index is 14.2. The fourth-order valence-corrected chi connectivity index (χ4v) is 3.14. The van der Waals surface area contributed by atoms with Crippen molar-refractivity contribution in [3.63, 3.8) is 0 Å². The Balaban J connectivity index is 1.98. The minimum atomic E-state index is -4.90. The second-order valence-electron chi connectivity index (χ2n) is 6.06. The summed E-state index contributed by atoms with van der Waals surface area (Å²) in [6, 6.07) is 14.0. The van der Waals surface area contributed by atoms with E-state index in [-0.39, 0.29) is 23.5 Å². The van der Waals surface area contributed by atoms with Crippen LogP contribution in [0.2, 0.25) is 0 Å². The molecule has 0 atom stereocenters. The molecule has 3 aromatic carbocycles. The summed E-state index contributed by atoms with van der Waals surface area (Å²) < 4.78 is 71.0. The zero-order chi connectivity index (χ0) is 19.9. The molecule has 0 aliphatic carbocycles. The Labute approximate surface area is 158 Å². The number of ether oxygens (including phenoxy) is 3. The van der Waals surface area contributed by atoms with Gasteiger partial charge >= 0.3 is 6.18 Å². The topological polar surface area (TPSA) is 27.7 Å². The lowest BCUT2D eigenvalue weighted by Crippen LogP contribution is -2.11. The standard InChI is InChI=1S/C21H13F4O3/c1-26-14-5-2-12(3-6-14)19-15(7-8-16(22)20(19)21(23,24)25)13-4-9-17-18(10-13)28-11-27-17/h2-7,9-10H,11H2,1H3. The number of hydrogen-bond donors (Lipinski definition) is 0. The SMILES string of the molecule is COc1ccc(-c2c(-c3ccc4c(c3)OCO4)c[c]c(F)c2C(F)(F)F)cc1. The Bertz CT molecular complexity index is 1030. The van der Waals surface area contributed by atoms with E-state index in [1.54, 1.807) is 18.2 Å². The maximum Gasteiger partial charge on any atom is 0.419 e. The van der Waals surface area contributed by atoms with E-state index in [2.05, 4.69) is 6.07 Å². The number of rotatable bonds is 3. The van der Waals surface area contributed by atoms with Crippen molar-refractivity contribution in [3.8, 4) is 39.5 Å². The summed E-state index contributed by atoms with van der Waals surface area (Å²) in [5.74, 6) is -0.0688. The third-order valence-electron chi connectivity index (χ3n) is 4.43. The summed E-state index contributed by atoms with van der Waals surface area (Å²) >= 11 is 0. The highest BCUT2D eigenvalue weighted by Crippen LogP contribution is 2.45. The molecule has 0 aromatic heterocycles. The molecule has 0 bridgehead atoms. The lowest BCUT2D eigenvalue weighted by molar-refractivity contribution is -0.139. The predicted octanol–water partition coefficient (Wildman–Crippen LogP) is 5.72. The molecule has 0 saturated carbocycles. The molecular weight excluding hydrogens is 376 g/mol. The number of hydrogen-bond acceptors (Lipinski definition) is 3. The zero-order valence-electron chi connectivity index (χ0n) is 14.6. The lowest BCUT2D eigenvalue weighted by atomic mass is 9.89. The second kappa shape index (κ2) is 6.74. The fourth-order valence-electron chi connectivity index (χ4n) is 3.14. The first-order chi connectivity index (χ1) is 13.4. The van der Waals surface area contributed by atoms with Crippen LogP contribution in [0.15, 0.2) is 48.5 Å². The number of alkyl halides is 3. The Morgan fingerprint density at radius 3 is 2.32 bits per heavy atom. The maximum atomic E-state index is 14.2. The molecule has 3 nitrogen and oxygen atoms in total. The van der Waals surface area contributed by atoms with Crippen molar-refractivity contribution in [2.24, 2.45) is 0 Å². The number of benzene rings is 3. The van der Waals surface area contributed by atoms with Crippen LogP contribution >= 0.6 is 0 Å². The zero-order valence-corrected chi connectivity index (χ0v) is 14.6. The Kier molecular flexibility index (Phi) is 4.37. The molecule has 28 heavy (non-hydrogen) atoms. The van der Waals surface area contributed by atoms with Crippen molar-refractivity contribution in [1.82, 2.24) is 0 Å². The molecule has 4 rings (SSSR count). The number of methoxy groups -OCH3 is 1. The largest absolute Gasteiger partial charge is 0.497 e. The van der Waals surface area contributed by atoms with Crippen LogP contribution in [0.3, 0.4) is 0 Å². The highest BCUT2D eigenvalue weighted by atomic mass is 19.4. The van der Waals surface area contributed by atoms with Crippen molar-refractivity contribution in [1.29, 1.82) is 0 Å². The van der Waals surface area contributed by atoms with Crippen molar-refractivity contribution < 1.29 is 31.8 Å². The van der Waals surface area contributed by atoms with Gasteiger partial charge < -0.3 is 14.2 Å². The van der Waals surface area contributed by atoms with Gasteiger partial charge in [0.15, 0.2) is 11.5 Å². The molecule has 1 radical (unpaired) electrons. The van der Waals surface area contributed by atoms with Gasteiger partial charge in [-0.3, -0.25) is 0 Å². The monoisotopic (exact) mass is 389 g/mol.